The minimum absolute atomic E-state index is 0.271. The van der Waals surface area contributed by atoms with Crippen LogP contribution in [0.5, 0.6) is 0 Å². The Bertz CT molecular complexity index is 1550. The largest absolute Gasteiger partial charge is 0.393 e. The van der Waals surface area contributed by atoms with Gasteiger partial charge in [-0.1, -0.05) is 81.5 Å². The average molecular weight is 726 g/mol. The fraction of sp³-hybridized carbons (Fsp3) is 0.696. The molecule has 6 saturated carbocycles. The first-order valence-electron chi connectivity index (χ1n) is 21.1. The minimum atomic E-state index is -0.644. The molecule has 0 radical (unpaired) electrons. The normalized spacial score (nSPS) is 42.0. The quantitative estimate of drug-likeness (QED) is 0.214. The number of hydrogen-bond donors (Lipinski definition) is 4. The molecule has 0 bridgehead atoms. The van der Waals surface area contributed by atoms with Crippen LogP contribution in [0, 0.1) is 46.3 Å². The van der Waals surface area contributed by atoms with Crippen LogP contribution in [-0.4, -0.2) is 59.8 Å². The van der Waals surface area contributed by atoms with E-state index in [1.54, 1.807) is 5.57 Å². The molecule has 7 heteroatoms. The average Bonchev–Trinajstić information content (AvgIpc) is 3.81. The lowest BCUT2D eigenvalue weighted by Crippen LogP contribution is -2.37. The molecule has 53 heavy (non-hydrogen) atoms. The van der Waals surface area contributed by atoms with E-state index >= 15 is 0 Å². The molecule has 4 N–H and O–H groups in total. The maximum atomic E-state index is 10.3. The lowest BCUT2D eigenvalue weighted by atomic mass is 9.60. The highest BCUT2D eigenvalue weighted by atomic mass is 16.3. The Morgan fingerprint density at radius 2 is 1.25 bits per heavy atom. The van der Waals surface area contributed by atoms with Crippen molar-refractivity contribution in [1.29, 1.82) is 0 Å². The molecule has 290 valence electrons. The van der Waals surface area contributed by atoms with E-state index in [9.17, 15) is 20.4 Å². The van der Waals surface area contributed by atoms with Crippen molar-refractivity contribution in [2.45, 2.75) is 155 Å². The third-order valence-electron chi connectivity index (χ3n) is 15.6. The SMILES string of the molecule is C=C1/C(=C\C=C2/CCC[C@]3(C)[C@@H]([C@H](C)Cc4cn(C[C@@H](C)[C@H]5CC[C@H]6/C(=C/C=C7/C[C@@H](O)C[C@H](O)C7=C)CCC[C@]56C)nn4)CC[C@@H]23)C[C@@H](O)C[C@@H]1O. The van der Waals surface area contributed by atoms with E-state index in [0.29, 0.717) is 61.2 Å². The Morgan fingerprint density at radius 1 is 0.755 bits per heavy atom. The Labute approximate surface area is 318 Å². The standard InChI is InChI=1S/C46H67N3O4/c1-28(39-15-17-41-32(9-7-19-45(39,41)5)11-13-34-22-37(50)24-43(52)30(34)3)21-36-27-49(48-47-36)26-29(2)40-16-18-42-33(10-8-20-46(40,42)6)12-14-35-23-38(51)25-44(53)31(35)4/h11-14,27-29,37-44,50-53H,3-4,7-10,15-26H2,1-2,5-6H3/b32-11+,33-12+,34-13-,35-14-/t28-,29-,37-,38-,39-,40-,41+,42+,43+,44+,45-,46-/m1/s1. The van der Waals surface area contributed by atoms with Crippen LogP contribution in [0.1, 0.15) is 123 Å². The Kier molecular flexibility index (Phi) is 11.3. The van der Waals surface area contributed by atoms with Crippen molar-refractivity contribution < 1.29 is 20.4 Å². The van der Waals surface area contributed by atoms with E-state index in [1.807, 2.05) is 0 Å². The Morgan fingerprint density at radius 3 is 1.75 bits per heavy atom. The number of aliphatic hydroxyl groups is 4. The molecule has 12 atom stereocenters. The number of rotatable bonds is 8. The summed E-state index contributed by atoms with van der Waals surface area (Å²) in [4.78, 5) is 0. The van der Waals surface area contributed by atoms with Gasteiger partial charge in [0.15, 0.2) is 0 Å². The molecule has 6 aliphatic rings. The molecule has 0 aliphatic heterocycles. The first-order valence-corrected chi connectivity index (χ1v) is 21.1. The molecule has 1 aromatic rings. The molecule has 7 rings (SSSR count). The van der Waals surface area contributed by atoms with Crippen LogP contribution in [0.15, 0.2) is 77.1 Å². The molecule has 1 aromatic heterocycles. The first kappa shape index (κ1) is 38.7. The highest BCUT2D eigenvalue weighted by molar-refractivity contribution is 5.40. The fourth-order valence-corrected chi connectivity index (χ4v) is 12.8. The molecule has 0 amide bonds. The van der Waals surface area contributed by atoms with Crippen LogP contribution in [-0.2, 0) is 13.0 Å². The van der Waals surface area contributed by atoms with Gasteiger partial charge in [-0.25, -0.2) is 0 Å². The van der Waals surface area contributed by atoms with Gasteiger partial charge >= 0.3 is 0 Å². The summed E-state index contributed by atoms with van der Waals surface area (Å²) in [5.74, 6) is 3.48. The lowest BCUT2D eigenvalue weighted by Gasteiger charge is -2.44. The van der Waals surface area contributed by atoms with E-state index < -0.39 is 24.4 Å². The van der Waals surface area contributed by atoms with E-state index in [1.165, 1.54) is 56.9 Å². The van der Waals surface area contributed by atoms with Crippen LogP contribution < -0.4 is 0 Å². The van der Waals surface area contributed by atoms with Crippen LogP contribution in [0.2, 0.25) is 0 Å². The maximum absolute atomic E-state index is 10.3. The smallest absolute Gasteiger partial charge is 0.0829 e. The van der Waals surface area contributed by atoms with Gasteiger partial charge in [0.05, 0.1) is 30.1 Å². The summed E-state index contributed by atoms with van der Waals surface area (Å²) in [6.45, 7) is 19.1. The topological polar surface area (TPSA) is 112 Å². The molecular formula is C46H67N3O4. The summed E-state index contributed by atoms with van der Waals surface area (Å²) in [6, 6.07) is 0. The zero-order valence-electron chi connectivity index (χ0n) is 33.0. The van der Waals surface area contributed by atoms with E-state index in [0.717, 1.165) is 53.8 Å². The summed E-state index contributed by atoms with van der Waals surface area (Å²) in [5.41, 5.74) is 8.27. The monoisotopic (exact) mass is 726 g/mol. The van der Waals surface area contributed by atoms with Crippen molar-refractivity contribution in [2.75, 3.05) is 0 Å². The predicted octanol–water partition coefficient (Wildman–Crippen LogP) is 8.37. The van der Waals surface area contributed by atoms with Gasteiger partial charge in [-0.15, -0.1) is 5.10 Å². The van der Waals surface area contributed by atoms with Gasteiger partial charge in [-0.2, -0.15) is 0 Å². The summed E-state index contributed by atoms with van der Waals surface area (Å²) >= 11 is 0. The van der Waals surface area contributed by atoms with Crippen molar-refractivity contribution >= 4 is 0 Å². The Balaban J connectivity index is 0.970. The minimum Gasteiger partial charge on any atom is -0.393 e. The number of allylic oxidation sites excluding steroid dienone is 6. The van der Waals surface area contributed by atoms with Gasteiger partial charge in [0, 0.05) is 25.6 Å². The molecule has 6 aliphatic carbocycles. The zero-order valence-corrected chi connectivity index (χ0v) is 33.0. The third kappa shape index (κ3) is 7.66. The van der Waals surface area contributed by atoms with E-state index in [4.69, 9.17) is 5.10 Å². The van der Waals surface area contributed by atoms with Crippen LogP contribution in [0.25, 0.3) is 0 Å². The second-order valence-corrected chi connectivity index (χ2v) is 18.9. The first-order chi connectivity index (χ1) is 25.3. The van der Waals surface area contributed by atoms with Crippen molar-refractivity contribution in [3.63, 3.8) is 0 Å². The molecular weight excluding hydrogens is 659 g/mol. The third-order valence-corrected chi connectivity index (χ3v) is 15.6. The highest BCUT2D eigenvalue weighted by Gasteiger charge is 2.52. The lowest BCUT2D eigenvalue weighted by molar-refractivity contribution is 0.0855. The number of fused-ring (bicyclic) bond motifs is 2. The highest BCUT2D eigenvalue weighted by Crippen LogP contribution is 2.61. The van der Waals surface area contributed by atoms with Gasteiger partial charge in [-0.05, 0) is 152 Å². The summed E-state index contributed by atoms with van der Waals surface area (Å²) in [7, 11) is 0. The fourth-order valence-electron chi connectivity index (χ4n) is 12.8. The van der Waals surface area contributed by atoms with Crippen LogP contribution in [0.4, 0.5) is 0 Å². The van der Waals surface area contributed by atoms with Gasteiger partial charge in [-0.3, -0.25) is 4.68 Å². The number of aliphatic hydroxyl groups excluding tert-OH is 4. The van der Waals surface area contributed by atoms with Gasteiger partial charge < -0.3 is 20.4 Å². The summed E-state index contributed by atoms with van der Waals surface area (Å²) in [6.07, 6.45) is 23.9. The Hall–Kier alpha value is -2.58. The summed E-state index contributed by atoms with van der Waals surface area (Å²) in [5, 5.41) is 50.6. The number of aromatic nitrogens is 3. The van der Waals surface area contributed by atoms with Crippen molar-refractivity contribution in [1.82, 2.24) is 15.0 Å². The molecule has 0 aromatic carbocycles. The second kappa shape index (κ2) is 15.5. The van der Waals surface area contributed by atoms with E-state index in [2.05, 4.69) is 81.2 Å². The molecule has 0 saturated heterocycles. The molecule has 0 spiro atoms. The van der Waals surface area contributed by atoms with Crippen LogP contribution in [0.3, 0.4) is 0 Å². The molecule has 1 heterocycles. The number of hydrogen-bond acceptors (Lipinski definition) is 6. The van der Waals surface area contributed by atoms with Crippen molar-refractivity contribution in [3.8, 4) is 0 Å². The van der Waals surface area contributed by atoms with E-state index in [-0.39, 0.29) is 10.8 Å². The van der Waals surface area contributed by atoms with Crippen molar-refractivity contribution in [2.24, 2.45) is 46.3 Å². The molecule has 0 unspecified atom stereocenters. The molecule has 6 fully saturated rings. The van der Waals surface area contributed by atoms with Crippen molar-refractivity contribution in [3.05, 3.63) is 82.8 Å². The van der Waals surface area contributed by atoms with Gasteiger partial charge in [0.1, 0.15) is 0 Å². The maximum Gasteiger partial charge on any atom is 0.0829 e. The zero-order chi connectivity index (χ0) is 37.7. The van der Waals surface area contributed by atoms with Gasteiger partial charge in [0.2, 0.25) is 0 Å². The second-order valence-electron chi connectivity index (χ2n) is 18.9. The van der Waals surface area contributed by atoms with Crippen LogP contribution >= 0.6 is 0 Å². The molecule has 7 nitrogen and oxygen atoms in total. The predicted molar refractivity (Wildman–Crippen MR) is 212 cm³/mol. The van der Waals surface area contributed by atoms with Gasteiger partial charge in [0.25, 0.3) is 0 Å². The number of nitrogens with zero attached hydrogens (tertiary/aromatic N) is 3. The summed E-state index contributed by atoms with van der Waals surface area (Å²) < 4.78 is 2.12.